The molecule has 3 N–H and O–H groups in total. The Morgan fingerprint density at radius 1 is 1.61 bits per heavy atom. The van der Waals surface area contributed by atoms with Crippen molar-refractivity contribution in [2.24, 2.45) is 5.92 Å². The van der Waals surface area contributed by atoms with Crippen LogP contribution in [0.1, 0.15) is 19.0 Å². The fraction of sp³-hybridized carbons (Fsp3) is 0.538. The van der Waals surface area contributed by atoms with Crippen LogP contribution in [-0.4, -0.2) is 40.1 Å². The molecular weight excluding hydrogens is 230 g/mol. The molecule has 0 aliphatic carbocycles. The molecule has 5 nitrogen and oxygen atoms in total. The van der Waals surface area contributed by atoms with Gasteiger partial charge < -0.3 is 15.7 Å². The van der Waals surface area contributed by atoms with Gasteiger partial charge in [-0.25, -0.2) is 0 Å². The molecule has 0 saturated carbocycles. The molecule has 1 aliphatic heterocycles. The number of rotatable bonds is 3. The topological polar surface area (TPSA) is 79.5 Å². The smallest absolute Gasteiger partial charge is 0.228 e. The lowest BCUT2D eigenvalue weighted by molar-refractivity contribution is -0.132. The first kappa shape index (κ1) is 12.8. The first-order chi connectivity index (χ1) is 8.61. The number of aromatic nitrogens is 1. The lowest BCUT2D eigenvalue weighted by Gasteiger charge is -2.25. The van der Waals surface area contributed by atoms with E-state index in [-0.39, 0.29) is 25.0 Å². The lowest BCUT2D eigenvalue weighted by Crippen LogP contribution is -2.40. The van der Waals surface area contributed by atoms with Crippen LogP contribution in [0.2, 0.25) is 0 Å². The minimum Gasteiger partial charge on any atom is -0.397 e. The molecule has 2 unspecified atom stereocenters. The third-order valence-electron chi connectivity index (χ3n) is 3.57. The van der Waals surface area contributed by atoms with Gasteiger partial charge in [0.15, 0.2) is 0 Å². The Morgan fingerprint density at radius 2 is 2.39 bits per heavy atom. The molecule has 0 aromatic carbocycles. The molecule has 2 heterocycles. The second-order valence-electron chi connectivity index (χ2n) is 4.86. The van der Waals surface area contributed by atoms with Gasteiger partial charge in [0.05, 0.1) is 31.0 Å². The fourth-order valence-corrected chi connectivity index (χ4v) is 2.39. The van der Waals surface area contributed by atoms with E-state index in [1.54, 1.807) is 23.2 Å². The molecule has 1 aromatic heterocycles. The van der Waals surface area contributed by atoms with Crippen LogP contribution in [0.5, 0.6) is 0 Å². The van der Waals surface area contributed by atoms with E-state index in [9.17, 15) is 9.90 Å². The van der Waals surface area contributed by atoms with E-state index >= 15 is 0 Å². The minimum absolute atomic E-state index is 0.0238. The Labute approximate surface area is 107 Å². The van der Waals surface area contributed by atoms with E-state index in [2.05, 4.69) is 11.9 Å². The normalized spacial score (nSPS) is 23.3. The molecule has 18 heavy (non-hydrogen) atoms. The summed E-state index contributed by atoms with van der Waals surface area (Å²) in [5.74, 6) is 0.383. The van der Waals surface area contributed by atoms with Gasteiger partial charge in [0.25, 0.3) is 0 Å². The van der Waals surface area contributed by atoms with Crippen molar-refractivity contribution in [3.05, 3.63) is 24.0 Å². The number of likely N-dealkylation sites (tertiary alicyclic amines) is 1. The number of anilines is 1. The Bertz CT molecular complexity index is 419. The summed E-state index contributed by atoms with van der Waals surface area (Å²) < 4.78 is 0. The molecule has 2 atom stereocenters. The van der Waals surface area contributed by atoms with Gasteiger partial charge in [-0.15, -0.1) is 0 Å². The van der Waals surface area contributed by atoms with Crippen LogP contribution in [-0.2, 0) is 11.2 Å². The number of hydrogen-bond acceptors (Lipinski definition) is 4. The van der Waals surface area contributed by atoms with Crippen molar-refractivity contribution in [1.29, 1.82) is 0 Å². The second kappa shape index (κ2) is 5.35. The summed E-state index contributed by atoms with van der Waals surface area (Å²) in [6.07, 6.45) is 2.77. The Balaban J connectivity index is 2.01. The summed E-state index contributed by atoms with van der Waals surface area (Å²) in [7, 11) is 0. The van der Waals surface area contributed by atoms with Gasteiger partial charge in [0.2, 0.25) is 5.91 Å². The van der Waals surface area contributed by atoms with Crippen molar-refractivity contribution in [2.75, 3.05) is 18.9 Å². The van der Waals surface area contributed by atoms with Crippen molar-refractivity contribution < 1.29 is 9.90 Å². The van der Waals surface area contributed by atoms with Gasteiger partial charge in [0, 0.05) is 12.2 Å². The highest BCUT2D eigenvalue weighted by atomic mass is 16.3. The first-order valence-corrected chi connectivity index (χ1v) is 6.22. The van der Waals surface area contributed by atoms with Crippen molar-refractivity contribution in [2.45, 2.75) is 25.8 Å². The fourth-order valence-electron chi connectivity index (χ4n) is 2.39. The Morgan fingerprint density at radius 3 is 3.00 bits per heavy atom. The summed E-state index contributed by atoms with van der Waals surface area (Å²) in [4.78, 5) is 18.0. The molecule has 1 aliphatic rings. The SMILES string of the molecule is CC1CCN(C(=O)Cc2ccc(N)cn2)C1CO. The molecular formula is C13H19N3O2. The number of carbonyl (C=O) groups excluding carboxylic acids is 1. The number of amides is 1. The molecule has 0 spiro atoms. The van der Waals surface area contributed by atoms with Gasteiger partial charge in [-0.1, -0.05) is 6.92 Å². The van der Waals surface area contributed by atoms with Crippen LogP contribution >= 0.6 is 0 Å². The highest BCUT2D eigenvalue weighted by Crippen LogP contribution is 2.24. The molecule has 0 radical (unpaired) electrons. The third kappa shape index (κ3) is 2.61. The number of aliphatic hydroxyl groups excluding tert-OH is 1. The molecule has 1 aromatic rings. The Kier molecular flexibility index (Phi) is 3.81. The number of nitrogens with two attached hydrogens (primary N) is 1. The third-order valence-corrected chi connectivity index (χ3v) is 3.57. The minimum atomic E-state index is -0.0497. The first-order valence-electron chi connectivity index (χ1n) is 6.22. The molecule has 2 rings (SSSR count). The second-order valence-corrected chi connectivity index (χ2v) is 4.86. The van der Waals surface area contributed by atoms with E-state index in [1.165, 1.54) is 0 Å². The molecule has 1 saturated heterocycles. The maximum Gasteiger partial charge on any atom is 0.228 e. The van der Waals surface area contributed by atoms with Gasteiger partial charge in [0.1, 0.15) is 0 Å². The van der Waals surface area contributed by atoms with E-state index in [1.807, 2.05) is 0 Å². The summed E-state index contributed by atoms with van der Waals surface area (Å²) in [6, 6.07) is 3.46. The number of nitrogen functional groups attached to an aromatic ring is 1. The van der Waals surface area contributed by atoms with Crippen LogP contribution in [0.3, 0.4) is 0 Å². The average Bonchev–Trinajstić information content (AvgIpc) is 2.73. The number of aliphatic hydroxyl groups is 1. The van der Waals surface area contributed by atoms with Gasteiger partial charge in [-0.2, -0.15) is 0 Å². The van der Waals surface area contributed by atoms with Gasteiger partial charge in [-0.3, -0.25) is 9.78 Å². The molecule has 0 bridgehead atoms. The van der Waals surface area contributed by atoms with E-state index in [4.69, 9.17) is 5.73 Å². The lowest BCUT2D eigenvalue weighted by atomic mass is 10.0. The number of carbonyl (C=O) groups is 1. The zero-order chi connectivity index (χ0) is 13.1. The highest BCUT2D eigenvalue weighted by Gasteiger charge is 2.33. The van der Waals surface area contributed by atoms with E-state index in [0.717, 1.165) is 13.0 Å². The van der Waals surface area contributed by atoms with Crippen LogP contribution in [0.25, 0.3) is 0 Å². The van der Waals surface area contributed by atoms with Crippen molar-refractivity contribution in [3.63, 3.8) is 0 Å². The summed E-state index contributed by atoms with van der Waals surface area (Å²) in [6.45, 7) is 2.82. The standard InChI is InChI=1S/C13H19N3O2/c1-9-4-5-16(12(9)8-17)13(18)6-11-3-2-10(14)7-15-11/h2-3,7,9,12,17H,4-6,8,14H2,1H3. The quantitative estimate of drug-likeness (QED) is 0.814. The maximum absolute atomic E-state index is 12.2. The van der Waals surface area contributed by atoms with E-state index in [0.29, 0.717) is 17.3 Å². The van der Waals surface area contributed by atoms with Crippen molar-refractivity contribution in [3.8, 4) is 0 Å². The van der Waals surface area contributed by atoms with Crippen LogP contribution in [0.15, 0.2) is 18.3 Å². The summed E-state index contributed by atoms with van der Waals surface area (Å²) >= 11 is 0. The Hall–Kier alpha value is -1.62. The zero-order valence-corrected chi connectivity index (χ0v) is 10.5. The summed E-state index contributed by atoms with van der Waals surface area (Å²) in [5.41, 5.74) is 6.86. The van der Waals surface area contributed by atoms with E-state index < -0.39 is 0 Å². The number of pyridine rings is 1. The van der Waals surface area contributed by atoms with Crippen LogP contribution < -0.4 is 5.73 Å². The number of hydrogen-bond donors (Lipinski definition) is 2. The zero-order valence-electron chi connectivity index (χ0n) is 10.5. The largest absolute Gasteiger partial charge is 0.397 e. The predicted molar refractivity (Wildman–Crippen MR) is 68.7 cm³/mol. The van der Waals surface area contributed by atoms with Gasteiger partial charge in [-0.05, 0) is 24.5 Å². The van der Waals surface area contributed by atoms with Crippen LogP contribution in [0.4, 0.5) is 5.69 Å². The average molecular weight is 249 g/mol. The van der Waals surface area contributed by atoms with Crippen LogP contribution in [0, 0.1) is 5.92 Å². The predicted octanol–water partition coefficient (Wildman–Crippen LogP) is 0.436. The maximum atomic E-state index is 12.2. The highest BCUT2D eigenvalue weighted by molar-refractivity contribution is 5.79. The molecule has 98 valence electrons. The number of nitrogens with zero attached hydrogens (tertiary/aromatic N) is 2. The molecule has 1 fully saturated rings. The van der Waals surface area contributed by atoms with Crippen molar-refractivity contribution in [1.82, 2.24) is 9.88 Å². The monoisotopic (exact) mass is 249 g/mol. The van der Waals surface area contributed by atoms with Gasteiger partial charge >= 0.3 is 0 Å². The van der Waals surface area contributed by atoms with Crippen molar-refractivity contribution >= 4 is 11.6 Å². The molecule has 5 heteroatoms. The summed E-state index contributed by atoms with van der Waals surface area (Å²) in [5, 5.41) is 9.33. The molecule has 1 amide bonds.